The van der Waals surface area contributed by atoms with E-state index < -0.39 is 0 Å². The zero-order valence-corrected chi connectivity index (χ0v) is 14.8. The summed E-state index contributed by atoms with van der Waals surface area (Å²) in [4.78, 5) is 29.7. The van der Waals surface area contributed by atoms with Gasteiger partial charge < -0.3 is 5.32 Å². The lowest BCUT2D eigenvalue weighted by atomic mass is 9.94. The van der Waals surface area contributed by atoms with E-state index in [0.29, 0.717) is 23.2 Å². The van der Waals surface area contributed by atoms with Gasteiger partial charge in [-0.05, 0) is 43.2 Å². The van der Waals surface area contributed by atoms with Crippen molar-refractivity contribution in [1.82, 2.24) is 10.3 Å². The van der Waals surface area contributed by atoms with Crippen LogP contribution in [0.4, 0.5) is 0 Å². The molecule has 2 aromatic carbocycles. The van der Waals surface area contributed by atoms with E-state index in [1.54, 1.807) is 36.7 Å². The summed E-state index contributed by atoms with van der Waals surface area (Å²) in [7, 11) is 0. The summed E-state index contributed by atoms with van der Waals surface area (Å²) in [6.07, 6.45) is 3.39. The van der Waals surface area contributed by atoms with Crippen molar-refractivity contribution in [2.75, 3.05) is 0 Å². The van der Waals surface area contributed by atoms with Crippen LogP contribution in [0.25, 0.3) is 0 Å². The van der Waals surface area contributed by atoms with Crippen molar-refractivity contribution in [3.63, 3.8) is 0 Å². The number of ketones is 1. The van der Waals surface area contributed by atoms with Crippen LogP contribution in [0.3, 0.4) is 0 Å². The molecule has 0 radical (unpaired) electrons. The summed E-state index contributed by atoms with van der Waals surface area (Å²) in [5.74, 6) is -0.415. The molecule has 1 amide bonds. The second-order valence-electron chi connectivity index (χ2n) is 6.24. The molecule has 26 heavy (non-hydrogen) atoms. The Hall–Kier alpha value is -3.27. The summed E-state index contributed by atoms with van der Waals surface area (Å²) in [6.45, 7) is 4.21. The van der Waals surface area contributed by atoms with Crippen molar-refractivity contribution < 1.29 is 9.59 Å². The number of nitrogens with one attached hydrogen (secondary N) is 1. The number of hydrogen-bond donors (Lipinski definition) is 1. The van der Waals surface area contributed by atoms with Crippen LogP contribution in [0.15, 0.2) is 67.0 Å². The molecule has 1 heterocycles. The van der Waals surface area contributed by atoms with E-state index in [2.05, 4.69) is 10.3 Å². The highest BCUT2D eigenvalue weighted by Crippen LogP contribution is 2.19. The molecule has 0 aliphatic carbocycles. The molecule has 0 spiro atoms. The van der Waals surface area contributed by atoms with Gasteiger partial charge in [-0.3, -0.25) is 14.6 Å². The maximum Gasteiger partial charge on any atom is 0.252 e. The van der Waals surface area contributed by atoms with E-state index in [-0.39, 0.29) is 11.7 Å². The fraction of sp³-hybridized carbons (Fsp3) is 0.136. The zero-order chi connectivity index (χ0) is 18.5. The molecule has 1 N–H and O–H groups in total. The number of pyridine rings is 1. The number of amides is 1. The lowest BCUT2D eigenvalue weighted by molar-refractivity contribution is 0.0939. The molecule has 0 aliphatic rings. The van der Waals surface area contributed by atoms with Crippen molar-refractivity contribution in [2.24, 2.45) is 0 Å². The van der Waals surface area contributed by atoms with Crippen LogP contribution in [0.1, 0.15) is 43.0 Å². The van der Waals surface area contributed by atoms with Gasteiger partial charge in [0.2, 0.25) is 0 Å². The van der Waals surface area contributed by atoms with Crippen LogP contribution < -0.4 is 5.32 Å². The molecule has 4 nitrogen and oxygen atoms in total. The Morgan fingerprint density at radius 1 is 0.923 bits per heavy atom. The monoisotopic (exact) mass is 344 g/mol. The Morgan fingerprint density at radius 2 is 1.69 bits per heavy atom. The number of aromatic nitrogens is 1. The zero-order valence-electron chi connectivity index (χ0n) is 14.8. The third kappa shape index (κ3) is 3.86. The van der Waals surface area contributed by atoms with Gasteiger partial charge in [0, 0.05) is 30.1 Å². The van der Waals surface area contributed by atoms with E-state index in [0.717, 1.165) is 16.7 Å². The van der Waals surface area contributed by atoms with Crippen molar-refractivity contribution in [3.8, 4) is 0 Å². The number of hydrogen-bond acceptors (Lipinski definition) is 3. The lowest BCUT2D eigenvalue weighted by Gasteiger charge is -2.11. The van der Waals surface area contributed by atoms with E-state index >= 15 is 0 Å². The van der Waals surface area contributed by atoms with Gasteiger partial charge in [-0.25, -0.2) is 0 Å². The molecule has 0 fully saturated rings. The van der Waals surface area contributed by atoms with E-state index in [1.165, 1.54) is 0 Å². The van der Waals surface area contributed by atoms with Gasteiger partial charge >= 0.3 is 0 Å². The van der Waals surface area contributed by atoms with Gasteiger partial charge in [-0.2, -0.15) is 0 Å². The standard InChI is InChI=1S/C22H20N2O2/c1-15-9-10-16(2)20(12-15)21(25)18-7-3-4-8-19(18)22(26)24-14-17-6-5-11-23-13-17/h3-13H,14H2,1-2H3,(H,24,26). The molecule has 1 aromatic heterocycles. The molecule has 3 aromatic rings. The highest BCUT2D eigenvalue weighted by atomic mass is 16.2. The molecule has 0 atom stereocenters. The van der Waals surface area contributed by atoms with E-state index in [4.69, 9.17) is 0 Å². The van der Waals surface area contributed by atoms with Gasteiger partial charge in [-0.15, -0.1) is 0 Å². The van der Waals surface area contributed by atoms with Crippen LogP contribution in [0.5, 0.6) is 0 Å². The molecule has 0 saturated heterocycles. The molecule has 3 rings (SSSR count). The topological polar surface area (TPSA) is 59.1 Å². The first-order valence-electron chi connectivity index (χ1n) is 8.44. The smallest absolute Gasteiger partial charge is 0.252 e. The fourth-order valence-corrected chi connectivity index (χ4v) is 2.78. The van der Waals surface area contributed by atoms with Gasteiger partial charge in [-0.1, -0.05) is 42.0 Å². The van der Waals surface area contributed by atoms with Crippen LogP contribution in [0, 0.1) is 13.8 Å². The quantitative estimate of drug-likeness (QED) is 0.715. The normalized spacial score (nSPS) is 10.4. The summed E-state index contributed by atoms with van der Waals surface area (Å²) in [5.41, 5.74) is 4.22. The third-order valence-corrected chi connectivity index (χ3v) is 4.23. The number of carbonyl (C=O) groups excluding carboxylic acids is 2. The SMILES string of the molecule is Cc1ccc(C)c(C(=O)c2ccccc2C(=O)NCc2cccnc2)c1. The second kappa shape index (κ2) is 7.74. The van der Waals surface area contributed by atoms with Gasteiger partial charge in [0.1, 0.15) is 0 Å². The summed E-state index contributed by atoms with van der Waals surface area (Å²) in [5, 5.41) is 2.86. The van der Waals surface area contributed by atoms with Crippen LogP contribution >= 0.6 is 0 Å². The van der Waals surface area contributed by atoms with Crippen LogP contribution in [-0.4, -0.2) is 16.7 Å². The Morgan fingerprint density at radius 3 is 2.42 bits per heavy atom. The van der Waals surface area contributed by atoms with Gasteiger partial charge in [0.15, 0.2) is 5.78 Å². The van der Waals surface area contributed by atoms with E-state index in [9.17, 15) is 9.59 Å². The molecule has 4 heteroatoms. The van der Waals surface area contributed by atoms with Crippen molar-refractivity contribution in [1.29, 1.82) is 0 Å². The minimum Gasteiger partial charge on any atom is -0.348 e. The van der Waals surface area contributed by atoms with Crippen LogP contribution in [0.2, 0.25) is 0 Å². The first-order chi connectivity index (χ1) is 12.6. The summed E-state index contributed by atoms with van der Waals surface area (Å²) < 4.78 is 0. The molecule has 0 aliphatic heterocycles. The predicted molar refractivity (Wildman–Crippen MR) is 101 cm³/mol. The fourth-order valence-electron chi connectivity index (χ4n) is 2.78. The van der Waals surface area contributed by atoms with Crippen molar-refractivity contribution >= 4 is 11.7 Å². The number of benzene rings is 2. The Balaban J connectivity index is 1.87. The first-order valence-corrected chi connectivity index (χ1v) is 8.44. The molecular formula is C22H20N2O2. The molecular weight excluding hydrogens is 324 g/mol. The number of nitrogens with zero attached hydrogens (tertiary/aromatic N) is 1. The third-order valence-electron chi connectivity index (χ3n) is 4.23. The minimum atomic E-state index is -0.275. The average molecular weight is 344 g/mol. The largest absolute Gasteiger partial charge is 0.348 e. The highest BCUT2D eigenvalue weighted by molar-refractivity contribution is 6.15. The van der Waals surface area contributed by atoms with Gasteiger partial charge in [0.05, 0.1) is 5.56 Å². The first kappa shape index (κ1) is 17.5. The summed E-state index contributed by atoms with van der Waals surface area (Å²) in [6, 6.07) is 16.4. The second-order valence-corrected chi connectivity index (χ2v) is 6.24. The molecule has 130 valence electrons. The Kier molecular flexibility index (Phi) is 5.23. The predicted octanol–water partition coefficient (Wildman–Crippen LogP) is 3.86. The number of carbonyl (C=O) groups is 2. The van der Waals surface area contributed by atoms with Crippen molar-refractivity contribution in [2.45, 2.75) is 20.4 Å². The van der Waals surface area contributed by atoms with Gasteiger partial charge in [0.25, 0.3) is 5.91 Å². The molecule has 0 bridgehead atoms. The number of rotatable bonds is 5. The minimum absolute atomic E-state index is 0.140. The Labute approximate surface area is 152 Å². The van der Waals surface area contributed by atoms with Crippen LogP contribution in [-0.2, 0) is 6.54 Å². The number of aryl methyl sites for hydroxylation is 2. The summed E-state index contributed by atoms with van der Waals surface area (Å²) >= 11 is 0. The molecule has 0 unspecified atom stereocenters. The van der Waals surface area contributed by atoms with E-state index in [1.807, 2.05) is 44.2 Å². The molecule has 0 saturated carbocycles. The highest BCUT2D eigenvalue weighted by Gasteiger charge is 2.19. The lowest BCUT2D eigenvalue weighted by Crippen LogP contribution is -2.25. The maximum atomic E-state index is 13.0. The van der Waals surface area contributed by atoms with Crippen molar-refractivity contribution in [3.05, 3.63) is 100 Å². The average Bonchev–Trinajstić information content (AvgIpc) is 2.68. The Bertz CT molecular complexity index is 949. The maximum absolute atomic E-state index is 13.0.